The van der Waals surface area contributed by atoms with Crippen LogP contribution in [0.2, 0.25) is 0 Å². The Labute approximate surface area is 170 Å². The number of carbonyl (C=O) groups is 1. The van der Waals surface area contributed by atoms with Gasteiger partial charge in [0.2, 0.25) is 0 Å². The summed E-state index contributed by atoms with van der Waals surface area (Å²) in [5.74, 6) is -0.557. The number of benzene rings is 1. The number of hydrogen-bond acceptors (Lipinski definition) is 3. The van der Waals surface area contributed by atoms with E-state index < -0.39 is 6.36 Å². The first kappa shape index (κ1) is 24.3. The van der Waals surface area contributed by atoms with Crippen molar-refractivity contribution in [2.45, 2.75) is 47.9 Å². The minimum absolute atomic E-state index is 0.177. The molecule has 0 aromatic heterocycles. The number of ether oxygens (including phenoxy) is 2. The molecule has 0 radical (unpaired) electrons. The minimum atomic E-state index is -4.72. The van der Waals surface area contributed by atoms with E-state index in [2.05, 4.69) is 4.74 Å². The highest BCUT2D eigenvalue weighted by Crippen LogP contribution is 2.32. The van der Waals surface area contributed by atoms with E-state index in [4.69, 9.17) is 4.74 Å². The fraction of sp³-hybridized carbons (Fsp3) is 0.348. The standard InChI is InChI=1S/C23H27F3O3/c1-7-28-22(27)13-16(3)10-8-9-15(2)11-12-20-17(4)14-21(19(6)18(20)5)29-23(24,25)26/h8-14H,7H2,1-6H3. The van der Waals surface area contributed by atoms with Gasteiger partial charge in [0.1, 0.15) is 5.75 Å². The molecule has 1 rings (SSSR count). The molecular formula is C23H27F3O3. The summed E-state index contributed by atoms with van der Waals surface area (Å²) in [7, 11) is 0. The number of carbonyl (C=O) groups excluding carboxylic acids is 1. The zero-order valence-electron chi connectivity index (χ0n) is 17.6. The van der Waals surface area contributed by atoms with Gasteiger partial charge >= 0.3 is 12.3 Å². The largest absolute Gasteiger partial charge is 0.573 e. The normalized spacial score (nSPS) is 13.4. The topological polar surface area (TPSA) is 35.5 Å². The SMILES string of the molecule is CCOC(=O)C=C(C)C=CC=C(C)C=Cc1c(C)cc(OC(F)(F)F)c(C)c1C. The van der Waals surface area contributed by atoms with Gasteiger partial charge in [-0.3, -0.25) is 0 Å². The summed E-state index contributed by atoms with van der Waals surface area (Å²) in [6.07, 6.45) is 5.93. The zero-order chi connectivity index (χ0) is 22.2. The van der Waals surface area contributed by atoms with Gasteiger partial charge in [-0.1, -0.05) is 36.0 Å². The first-order valence-electron chi connectivity index (χ1n) is 9.19. The van der Waals surface area contributed by atoms with Crippen molar-refractivity contribution >= 4 is 12.0 Å². The molecule has 0 aliphatic carbocycles. The van der Waals surface area contributed by atoms with E-state index in [0.717, 1.165) is 22.3 Å². The monoisotopic (exact) mass is 408 g/mol. The Morgan fingerprint density at radius 3 is 2.31 bits per heavy atom. The van der Waals surface area contributed by atoms with Gasteiger partial charge < -0.3 is 9.47 Å². The van der Waals surface area contributed by atoms with Gasteiger partial charge in [0.25, 0.3) is 0 Å². The molecule has 0 aliphatic rings. The third kappa shape index (κ3) is 8.42. The van der Waals surface area contributed by atoms with Gasteiger partial charge in [-0.05, 0) is 75.4 Å². The highest BCUT2D eigenvalue weighted by molar-refractivity contribution is 5.83. The van der Waals surface area contributed by atoms with Crippen LogP contribution in [0.25, 0.3) is 6.08 Å². The third-order valence-electron chi connectivity index (χ3n) is 4.20. The lowest BCUT2D eigenvalue weighted by atomic mass is 9.96. The molecular weight excluding hydrogens is 381 g/mol. The van der Waals surface area contributed by atoms with Crippen molar-refractivity contribution in [1.82, 2.24) is 0 Å². The fourth-order valence-corrected chi connectivity index (χ4v) is 2.59. The van der Waals surface area contributed by atoms with Crippen LogP contribution >= 0.6 is 0 Å². The second kappa shape index (κ2) is 10.7. The lowest BCUT2D eigenvalue weighted by Gasteiger charge is -2.16. The predicted molar refractivity (Wildman–Crippen MR) is 110 cm³/mol. The van der Waals surface area contributed by atoms with Gasteiger partial charge in [-0.2, -0.15) is 0 Å². The summed E-state index contributed by atoms with van der Waals surface area (Å²) in [5, 5.41) is 0. The lowest BCUT2D eigenvalue weighted by molar-refractivity contribution is -0.274. The van der Waals surface area contributed by atoms with Crippen molar-refractivity contribution in [1.29, 1.82) is 0 Å². The molecule has 0 saturated heterocycles. The van der Waals surface area contributed by atoms with Gasteiger partial charge in [0, 0.05) is 6.08 Å². The van der Waals surface area contributed by atoms with Gasteiger partial charge in [0.05, 0.1) is 6.61 Å². The van der Waals surface area contributed by atoms with Crippen LogP contribution in [0.5, 0.6) is 5.75 Å². The predicted octanol–water partition coefficient (Wildman–Crippen LogP) is 6.54. The maximum Gasteiger partial charge on any atom is 0.573 e. The second-order valence-corrected chi connectivity index (χ2v) is 6.65. The Hall–Kier alpha value is -2.76. The number of alkyl halides is 3. The van der Waals surface area contributed by atoms with Crippen molar-refractivity contribution in [3.8, 4) is 5.75 Å². The maximum atomic E-state index is 12.5. The number of esters is 1. The Bertz CT molecular complexity index is 857. The van der Waals surface area contributed by atoms with Crippen LogP contribution < -0.4 is 4.74 Å². The molecule has 0 N–H and O–H groups in total. The fourth-order valence-electron chi connectivity index (χ4n) is 2.59. The highest BCUT2D eigenvalue weighted by Gasteiger charge is 2.32. The average Bonchev–Trinajstić information content (AvgIpc) is 2.58. The van der Waals surface area contributed by atoms with Crippen molar-refractivity contribution in [3.05, 3.63) is 69.8 Å². The molecule has 0 heterocycles. The summed E-state index contributed by atoms with van der Waals surface area (Å²) in [6.45, 7) is 10.9. The number of allylic oxidation sites excluding steroid dienone is 6. The molecule has 1 aromatic carbocycles. The van der Waals surface area contributed by atoms with E-state index in [1.807, 2.05) is 31.2 Å². The smallest absolute Gasteiger partial charge is 0.463 e. The molecule has 0 amide bonds. The quantitative estimate of drug-likeness (QED) is 0.292. The van der Waals surface area contributed by atoms with Crippen LogP contribution in [-0.4, -0.2) is 18.9 Å². The molecule has 6 heteroatoms. The van der Waals surface area contributed by atoms with Crippen LogP contribution in [0.15, 0.2) is 47.6 Å². The van der Waals surface area contributed by atoms with Crippen LogP contribution in [0.1, 0.15) is 43.0 Å². The lowest BCUT2D eigenvalue weighted by Crippen LogP contribution is -2.18. The van der Waals surface area contributed by atoms with E-state index in [1.165, 1.54) is 12.1 Å². The average molecular weight is 408 g/mol. The van der Waals surface area contributed by atoms with E-state index in [0.29, 0.717) is 17.7 Å². The third-order valence-corrected chi connectivity index (χ3v) is 4.20. The van der Waals surface area contributed by atoms with Crippen LogP contribution in [0.4, 0.5) is 13.2 Å². The van der Waals surface area contributed by atoms with E-state index in [-0.39, 0.29) is 11.7 Å². The van der Waals surface area contributed by atoms with Gasteiger partial charge in [-0.25, -0.2) is 4.79 Å². The summed E-state index contributed by atoms with van der Waals surface area (Å²) in [5.41, 5.74) is 4.44. The van der Waals surface area contributed by atoms with Gasteiger partial charge in [0.15, 0.2) is 0 Å². The van der Waals surface area contributed by atoms with Gasteiger partial charge in [-0.15, -0.1) is 13.2 Å². The molecule has 0 spiro atoms. The Balaban J connectivity index is 2.97. The summed E-state index contributed by atoms with van der Waals surface area (Å²) in [6, 6.07) is 1.40. The first-order valence-corrected chi connectivity index (χ1v) is 9.19. The molecule has 158 valence electrons. The Morgan fingerprint density at radius 1 is 1.07 bits per heavy atom. The number of hydrogen-bond donors (Lipinski definition) is 0. The second-order valence-electron chi connectivity index (χ2n) is 6.65. The molecule has 0 aliphatic heterocycles. The van der Waals surface area contributed by atoms with Crippen LogP contribution in [0.3, 0.4) is 0 Å². The van der Waals surface area contributed by atoms with E-state index >= 15 is 0 Å². The molecule has 29 heavy (non-hydrogen) atoms. The maximum absolute atomic E-state index is 12.5. The molecule has 0 atom stereocenters. The number of aryl methyl sites for hydroxylation is 1. The summed E-state index contributed by atoms with van der Waals surface area (Å²) < 4.78 is 46.6. The molecule has 0 fully saturated rings. The molecule has 0 saturated carbocycles. The zero-order valence-corrected chi connectivity index (χ0v) is 17.6. The van der Waals surface area contributed by atoms with Crippen molar-refractivity contribution in [2.75, 3.05) is 6.61 Å². The molecule has 0 unspecified atom stereocenters. The summed E-state index contributed by atoms with van der Waals surface area (Å²) in [4.78, 5) is 11.4. The Kier molecular flexibility index (Phi) is 8.95. The minimum Gasteiger partial charge on any atom is -0.463 e. The van der Waals surface area contributed by atoms with E-state index in [1.54, 1.807) is 40.7 Å². The molecule has 1 aromatic rings. The van der Waals surface area contributed by atoms with Crippen molar-refractivity contribution in [3.63, 3.8) is 0 Å². The van der Waals surface area contributed by atoms with Crippen molar-refractivity contribution in [2.24, 2.45) is 0 Å². The highest BCUT2D eigenvalue weighted by atomic mass is 19.4. The Morgan fingerprint density at radius 2 is 1.72 bits per heavy atom. The van der Waals surface area contributed by atoms with E-state index in [9.17, 15) is 18.0 Å². The van der Waals surface area contributed by atoms with Crippen LogP contribution in [-0.2, 0) is 9.53 Å². The molecule has 0 bridgehead atoms. The number of rotatable bonds is 7. The van der Waals surface area contributed by atoms with Crippen LogP contribution in [0, 0.1) is 20.8 Å². The number of halogens is 3. The molecule has 3 nitrogen and oxygen atoms in total. The summed E-state index contributed by atoms with van der Waals surface area (Å²) >= 11 is 0. The first-order chi connectivity index (χ1) is 13.4. The van der Waals surface area contributed by atoms with Crippen molar-refractivity contribution < 1.29 is 27.4 Å².